The van der Waals surface area contributed by atoms with Crippen LogP contribution < -0.4 is 15.4 Å². The molecule has 0 saturated heterocycles. The fourth-order valence-electron chi connectivity index (χ4n) is 3.63. The van der Waals surface area contributed by atoms with Gasteiger partial charge < -0.3 is 24.7 Å². The summed E-state index contributed by atoms with van der Waals surface area (Å²) in [6.45, 7) is 2.48. The maximum atomic E-state index is 12.7. The lowest BCUT2D eigenvalue weighted by molar-refractivity contribution is 0.0939. The number of para-hydroxylation sites is 1. The normalized spacial score (nSPS) is 15.6. The Bertz CT molecular complexity index is 1010. The monoisotopic (exact) mass is 394 g/mol. The lowest BCUT2D eigenvalue weighted by Gasteiger charge is -2.25. The van der Waals surface area contributed by atoms with Gasteiger partial charge >= 0.3 is 0 Å². The molecule has 0 radical (unpaired) electrons. The van der Waals surface area contributed by atoms with Gasteiger partial charge in [-0.05, 0) is 36.2 Å². The molecule has 7 nitrogen and oxygen atoms in total. The number of hydrogen-bond donors (Lipinski definition) is 2. The molecule has 1 aliphatic heterocycles. The van der Waals surface area contributed by atoms with Crippen LogP contribution in [0.25, 0.3) is 11.0 Å². The van der Waals surface area contributed by atoms with Crippen molar-refractivity contribution in [3.8, 4) is 5.75 Å². The van der Waals surface area contributed by atoms with Crippen LogP contribution in [-0.2, 0) is 18.2 Å². The van der Waals surface area contributed by atoms with Gasteiger partial charge in [0, 0.05) is 38.7 Å². The van der Waals surface area contributed by atoms with E-state index in [9.17, 15) is 4.79 Å². The van der Waals surface area contributed by atoms with Crippen molar-refractivity contribution in [3.05, 3.63) is 53.6 Å². The highest BCUT2D eigenvalue weighted by molar-refractivity contribution is 5.97. The zero-order valence-electron chi connectivity index (χ0n) is 16.8. The predicted octanol–water partition coefficient (Wildman–Crippen LogP) is 2.61. The van der Waals surface area contributed by atoms with Gasteiger partial charge in [0.25, 0.3) is 5.91 Å². The first kappa shape index (κ1) is 19.3. The number of rotatable bonds is 7. The van der Waals surface area contributed by atoms with Gasteiger partial charge in [-0.25, -0.2) is 4.98 Å². The molecular formula is C22H26N4O3. The number of amides is 1. The summed E-state index contributed by atoms with van der Waals surface area (Å²) in [5, 5.41) is 6.28. The van der Waals surface area contributed by atoms with E-state index in [1.807, 2.05) is 48.0 Å². The second kappa shape index (κ2) is 8.53. The van der Waals surface area contributed by atoms with Crippen LogP contribution in [0.15, 0.2) is 42.5 Å². The number of aryl methyl sites for hydroxylation is 1. The number of aromatic nitrogens is 2. The molecule has 0 saturated carbocycles. The molecule has 1 amide bonds. The molecule has 2 heterocycles. The topological polar surface area (TPSA) is 77.4 Å². The van der Waals surface area contributed by atoms with Crippen molar-refractivity contribution in [1.82, 2.24) is 14.9 Å². The summed E-state index contributed by atoms with van der Waals surface area (Å²) in [4.78, 5) is 17.3. The molecular weight excluding hydrogens is 368 g/mol. The first-order chi connectivity index (χ1) is 14.2. The molecule has 0 bridgehead atoms. The van der Waals surface area contributed by atoms with Crippen molar-refractivity contribution in [2.45, 2.75) is 6.42 Å². The Morgan fingerprint density at radius 2 is 2.17 bits per heavy atom. The van der Waals surface area contributed by atoms with Gasteiger partial charge in [-0.15, -0.1) is 0 Å². The van der Waals surface area contributed by atoms with Crippen LogP contribution in [0.3, 0.4) is 0 Å². The van der Waals surface area contributed by atoms with Gasteiger partial charge in [0.05, 0.1) is 24.2 Å². The van der Waals surface area contributed by atoms with Crippen LogP contribution in [0, 0.1) is 5.92 Å². The molecule has 3 aromatic rings. The number of imidazole rings is 1. The Morgan fingerprint density at radius 1 is 1.31 bits per heavy atom. The van der Waals surface area contributed by atoms with Gasteiger partial charge in [-0.3, -0.25) is 4.79 Å². The van der Waals surface area contributed by atoms with Crippen LogP contribution >= 0.6 is 0 Å². The molecule has 2 N–H and O–H groups in total. The third kappa shape index (κ3) is 4.19. The lowest BCUT2D eigenvalue weighted by Crippen LogP contribution is -2.34. The molecule has 2 aromatic carbocycles. The van der Waals surface area contributed by atoms with Crippen molar-refractivity contribution in [2.75, 3.05) is 38.7 Å². The second-order valence-corrected chi connectivity index (χ2v) is 7.32. The third-order valence-corrected chi connectivity index (χ3v) is 5.24. The van der Waals surface area contributed by atoms with Crippen LogP contribution in [0.4, 0.5) is 5.95 Å². The van der Waals surface area contributed by atoms with Crippen molar-refractivity contribution in [3.63, 3.8) is 0 Å². The fraction of sp³-hybridized carbons (Fsp3) is 0.364. The summed E-state index contributed by atoms with van der Waals surface area (Å²) in [6.07, 6.45) is 0.909. The number of hydrogen-bond acceptors (Lipinski definition) is 5. The molecule has 7 heteroatoms. The van der Waals surface area contributed by atoms with Crippen molar-refractivity contribution < 1.29 is 14.3 Å². The van der Waals surface area contributed by atoms with E-state index in [1.54, 1.807) is 7.11 Å². The molecule has 0 spiro atoms. The number of nitrogens with one attached hydrogen (secondary N) is 2. The lowest BCUT2D eigenvalue weighted by atomic mass is 9.96. The summed E-state index contributed by atoms with van der Waals surface area (Å²) in [5.41, 5.74) is 3.56. The zero-order chi connectivity index (χ0) is 20.2. The Labute approximate surface area is 170 Å². The molecule has 29 heavy (non-hydrogen) atoms. The van der Waals surface area contributed by atoms with Crippen LogP contribution in [0.1, 0.15) is 15.9 Å². The van der Waals surface area contributed by atoms with E-state index in [0.717, 1.165) is 29.2 Å². The van der Waals surface area contributed by atoms with Gasteiger partial charge in [-0.2, -0.15) is 0 Å². The zero-order valence-corrected chi connectivity index (χ0v) is 16.8. The van der Waals surface area contributed by atoms with Crippen molar-refractivity contribution >= 4 is 22.9 Å². The average molecular weight is 394 g/mol. The van der Waals surface area contributed by atoms with Crippen LogP contribution in [0.5, 0.6) is 5.75 Å². The van der Waals surface area contributed by atoms with Gasteiger partial charge in [0.2, 0.25) is 5.95 Å². The maximum Gasteiger partial charge on any atom is 0.251 e. The van der Waals surface area contributed by atoms with E-state index in [-0.39, 0.29) is 11.8 Å². The highest BCUT2D eigenvalue weighted by Crippen LogP contribution is 2.26. The minimum absolute atomic E-state index is 0.0923. The highest BCUT2D eigenvalue weighted by Gasteiger charge is 2.20. The Balaban J connectivity index is 1.39. The Morgan fingerprint density at radius 3 is 3.03 bits per heavy atom. The number of ether oxygens (including phenoxy) is 2. The molecule has 1 aromatic heterocycles. The second-order valence-electron chi connectivity index (χ2n) is 7.32. The summed E-state index contributed by atoms with van der Waals surface area (Å²) in [7, 11) is 3.62. The number of benzene rings is 2. The standard InChI is InChI=1S/C22H26N4O3/c1-26-19-8-7-17(12-18(19)25-22(26)23-9-10-28-2)21(27)24-13-15-11-16-5-3-4-6-20(16)29-14-15/h3-8,12,15H,9-11,13-14H2,1-2H3,(H,23,25)(H,24,27). The minimum atomic E-state index is -0.0923. The van der Waals surface area contributed by atoms with E-state index in [0.29, 0.717) is 31.9 Å². The van der Waals surface area contributed by atoms with Gasteiger partial charge in [0.15, 0.2) is 0 Å². The number of fused-ring (bicyclic) bond motifs is 2. The third-order valence-electron chi connectivity index (χ3n) is 5.24. The summed E-state index contributed by atoms with van der Waals surface area (Å²) >= 11 is 0. The number of carbonyl (C=O) groups is 1. The summed E-state index contributed by atoms with van der Waals surface area (Å²) in [5.74, 6) is 1.88. The fourth-order valence-corrected chi connectivity index (χ4v) is 3.63. The molecule has 1 aliphatic rings. The van der Waals surface area contributed by atoms with E-state index in [2.05, 4.69) is 21.7 Å². The molecule has 0 aliphatic carbocycles. The molecule has 4 rings (SSSR count). The number of nitrogens with zero attached hydrogens (tertiary/aromatic N) is 2. The smallest absolute Gasteiger partial charge is 0.251 e. The Kier molecular flexibility index (Phi) is 5.67. The Hall–Kier alpha value is -3.06. The predicted molar refractivity (Wildman–Crippen MR) is 113 cm³/mol. The highest BCUT2D eigenvalue weighted by atomic mass is 16.5. The molecule has 1 unspecified atom stereocenters. The largest absolute Gasteiger partial charge is 0.493 e. The first-order valence-corrected chi connectivity index (χ1v) is 9.84. The van der Waals surface area contributed by atoms with Crippen LogP contribution in [-0.4, -0.2) is 48.9 Å². The minimum Gasteiger partial charge on any atom is -0.493 e. The molecule has 1 atom stereocenters. The number of anilines is 1. The maximum absolute atomic E-state index is 12.7. The van der Waals surface area contributed by atoms with E-state index < -0.39 is 0 Å². The summed E-state index contributed by atoms with van der Waals surface area (Å²) in [6, 6.07) is 13.7. The quantitative estimate of drug-likeness (QED) is 0.603. The van der Waals surface area contributed by atoms with Crippen molar-refractivity contribution in [2.24, 2.45) is 13.0 Å². The van der Waals surface area contributed by atoms with Gasteiger partial charge in [0.1, 0.15) is 5.75 Å². The average Bonchev–Trinajstić information content (AvgIpc) is 3.07. The van der Waals surface area contributed by atoms with E-state index >= 15 is 0 Å². The van der Waals surface area contributed by atoms with Crippen molar-refractivity contribution in [1.29, 1.82) is 0 Å². The number of methoxy groups -OCH3 is 1. The van der Waals surface area contributed by atoms with Gasteiger partial charge in [-0.1, -0.05) is 18.2 Å². The van der Waals surface area contributed by atoms with Crippen LogP contribution in [0.2, 0.25) is 0 Å². The molecule has 0 fully saturated rings. The number of carbonyl (C=O) groups excluding carboxylic acids is 1. The SMILES string of the molecule is COCCNc1nc2cc(C(=O)NCC3COc4ccccc4C3)ccc2n1C. The molecule has 152 valence electrons. The van der Waals surface area contributed by atoms with E-state index in [4.69, 9.17) is 9.47 Å². The summed E-state index contributed by atoms with van der Waals surface area (Å²) < 4.78 is 12.8. The van der Waals surface area contributed by atoms with E-state index in [1.165, 1.54) is 5.56 Å². The first-order valence-electron chi connectivity index (χ1n) is 9.84.